The van der Waals surface area contributed by atoms with Crippen LogP contribution in [0.2, 0.25) is 0 Å². The first kappa shape index (κ1) is 71.2. The molecule has 0 atom stereocenters. The fraction of sp³-hybridized carbons (Fsp3) is 0.217. The third-order valence-corrected chi connectivity index (χ3v) is 8.58. The number of rotatable bonds is 4. The van der Waals surface area contributed by atoms with Crippen LogP contribution >= 0.6 is 0 Å². The van der Waals surface area contributed by atoms with Gasteiger partial charge in [0, 0.05) is 35.9 Å². The van der Waals surface area contributed by atoms with Gasteiger partial charge in [-0.15, -0.1) is 0 Å². The first-order chi connectivity index (χ1) is 31.6. The van der Waals surface area contributed by atoms with E-state index in [1.165, 1.54) is 33.2 Å². The average Bonchev–Trinajstić information content (AvgIpc) is 3.30. The van der Waals surface area contributed by atoms with Crippen molar-refractivity contribution in [3.05, 3.63) is 214 Å². The van der Waals surface area contributed by atoms with Crippen LogP contribution in [0.15, 0.2) is 170 Å². The maximum atomic E-state index is 10.7. The summed E-state index contributed by atoms with van der Waals surface area (Å²) < 4.78 is 118. The van der Waals surface area contributed by atoms with Gasteiger partial charge < -0.3 is 30.5 Å². The van der Waals surface area contributed by atoms with Crippen molar-refractivity contribution in [2.75, 3.05) is 0 Å². The molecule has 0 unspecified atom stereocenters. The van der Waals surface area contributed by atoms with Gasteiger partial charge in [-0.25, -0.2) is 16.8 Å². The predicted molar refractivity (Wildman–Crippen MR) is 245 cm³/mol. The summed E-state index contributed by atoms with van der Waals surface area (Å²) >= 11 is 0. The number of carbonyl (C=O) groups is 2. The van der Waals surface area contributed by atoms with E-state index in [2.05, 4.69) is 100 Å². The number of aryl methyl sites for hydroxylation is 2. The Labute approximate surface area is 430 Å². The molecule has 2 heterocycles. The van der Waals surface area contributed by atoms with Gasteiger partial charge in [0.05, 0.1) is 0 Å². The van der Waals surface area contributed by atoms with Crippen LogP contribution in [-0.2, 0) is 59.2 Å². The SMILES string of the molecule is Cc1ccc(C(C)C)cc1.Cc1ccc(C(C)C)cc1.O=C(N[O-])c1ccccc1.O=C(N[O-])c1ccccc1.O=S(=O)([O-])C(F)(F)F.O=S(=O)([O-])C(F)(F)F.[Ru+2].[Ru+2].c1ccncc1.c1ccncc1. The third-order valence-electron chi connectivity index (χ3n) is 7.45. The molecule has 6 rings (SSSR count). The minimum atomic E-state index is -6.09. The molecule has 0 saturated carbocycles. The summed E-state index contributed by atoms with van der Waals surface area (Å²) in [6.45, 7) is 13.1. The van der Waals surface area contributed by atoms with Gasteiger partial charge in [0.25, 0.3) is 0 Å². The number of halogens is 6. The van der Waals surface area contributed by atoms with Crippen LogP contribution in [0.3, 0.4) is 0 Å². The molecule has 2 amide bonds. The van der Waals surface area contributed by atoms with Crippen LogP contribution in [-0.4, -0.2) is 58.7 Å². The zero-order chi connectivity index (χ0) is 52.4. The van der Waals surface area contributed by atoms with Gasteiger partial charge in [-0.05, 0) is 85.3 Å². The molecule has 0 saturated heterocycles. The Bertz CT molecular complexity index is 2230. The standard InChI is InChI=1S/2C10H14.2C7H6NO2.2C5H5N.2CHF3O3S.2Ru/c2*1-8(2)10-6-4-9(3)5-7-10;2*9-7(8-10)6-4-2-1-3-5-6;2*1-2-4-6-5-3-1;2*2-1(3,4)8(5,6)7;;/h2*4-8H,1-3H3;2*1-5H,(H-,8,9,10);2*1-5H;2*(H,5,6,7);;/q;;2*-1;;;;;2*+2/p-2. The zero-order valence-electron chi connectivity index (χ0n) is 38.1. The molecular formula is C46H50F6N4O10Ru2S2. The van der Waals surface area contributed by atoms with Crippen LogP contribution in [0.4, 0.5) is 26.3 Å². The molecule has 0 radical (unpaired) electrons. The van der Waals surface area contributed by atoms with Crippen molar-refractivity contribution in [1.82, 2.24) is 20.9 Å². The normalized spacial score (nSPS) is 10.1. The van der Waals surface area contributed by atoms with Gasteiger partial charge in [0.1, 0.15) is 0 Å². The topological polar surface area (TPSA) is 244 Å². The Morgan fingerprint density at radius 2 is 0.671 bits per heavy atom. The summed E-state index contributed by atoms with van der Waals surface area (Å²) in [5, 5.41) is 19.7. The molecule has 0 aliphatic rings. The number of pyridine rings is 2. The Morgan fingerprint density at radius 3 is 0.814 bits per heavy atom. The summed E-state index contributed by atoms with van der Waals surface area (Å²) in [6.07, 6.45) is 7.00. The predicted octanol–water partition coefficient (Wildman–Crippen LogP) is 10.3. The summed E-state index contributed by atoms with van der Waals surface area (Å²) in [5.74, 6) is 0.113. The maximum absolute atomic E-state index is 10.7. The van der Waals surface area contributed by atoms with Gasteiger partial charge >= 0.3 is 50.0 Å². The molecule has 0 aliphatic carbocycles. The molecule has 2 N–H and O–H groups in total. The number of carbonyl (C=O) groups excluding carboxylic acids is 2. The van der Waals surface area contributed by atoms with Crippen LogP contribution in [0, 0.1) is 24.3 Å². The summed E-state index contributed by atoms with van der Waals surface area (Å²) in [4.78, 5) is 28.7. The molecule has 70 heavy (non-hydrogen) atoms. The Balaban J connectivity index is -0.000000356. The average molecular weight is 1200 g/mol. The number of nitrogens with one attached hydrogen (secondary N) is 2. The van der Waals surface area contributed by atoms with Crippen LogP contribution in [0.25, 0.3) is 0 Å². The number of hydroxylamine groups is 2. The van der Waals surface area contributed by atoms with Crippen molar-refractivity contribution in [2.45, 2.75) is 64.4 Å². The molecular weight excluding hydrogens is 1150 g/mol. The van der Waals surface area contributed by atoms with E-state index in [4.69, 9.17) is 25.9 Å². The first-order valence-corrected chi connectivity index (χ1v) is 22.2. The fourth-order valence-electron chi connectivity index (χ4n) is 3.82. The Hall–Kier alpha value is -5.31. The number of hydrogen-bond donors (Lipinski definition) is 2. The van der Waals surface area contributed by atoms with Gasteiger partial charge in [-0.2, -0.15) is 26.3 Å². The molecule has 24 heteroatoms. The molecule has 4 aromatic carbocycles. The summed E-state index contributed by atoms with van der Waals surface area (Å²) in [7, 11) is -12.2. The van der Waals surface area contributed by atoms with Crippen LogP contribution in [0.5, 0.6) is 0 Å². The van der Waals surface area contributed by atoms with Crippen molar-refractivity contribution >= 4 is 32.1 Å². The molecule has 6 aromatic rings. The van der Waals surface area contributed by atoms with Crippen LogP contribution < -0.4 is 11.0 Å². The maximum Gasteiger partial charge on any atom is 2.00 e. The van der Waals surface area contributed by atoms with Crippen molar-refractivity contribution in [2.24, 2.45) is 0 Å². The second kappa shape index (κ2) is 38.4. The van der Waals surface area contributed by atoms with E-state index in [1.54, 1.807) is 85.5 Å². The molecule has 0 bridgehead atoms. The molecule has 384 valence electrons. The van der Waals surface area contributed by atoms with Gasteiger partial charge in [-0.1, -0.05) is 136 Å². The minimum Gasteiger partial charge on any atom is -0.759 e. The molecule has 14 nitrogen and oxygen atoms in total. The van der Waals surface area contributed by atoms with Crippen molar-refractivity contribution in [3.63, 3.8) is 0 Å². The van der Waals surface area contributed by atoms with E-state index < -0.39 is 43.1 Å². The number of nitrogens with zero attached hydrogens (tertiary/aromatic N) is 2. The fourth-order valence-corrected chi connectivity index (χ4v) is 3.82. The van der Waals surface area contributed by atoms with Crippen molar-refractivity contribution in [3.8, 4) is 0 Å². The summed E-state index contributed by atoms with van der Waals surface area (Å²) in [5.41, 5.74) is -2.42. The minimum absolute atomic E-state index is 0. The number of benzene rings is 4. The second-order valence-corrected chi connectivity index (χ2v) is 16.3. The number of hydrogen-bond acceptors (Lipinski definition) is 12. The van der Waals surface area contributed by atoms with E-state index in [0.29, 0.717) is 23.0 Å². The van der Waals surface area contributed by atoms with Crippen molar-refractivity contribution in [1.29, 1.82) is 0 Å². The summed E-state index contributed by atoms with van der Waals surface area (Å²) in [6, 6.07) is 45.5. The molecule has 0 spiro atoms. The Kier molecular flexibility index (Phi) is 39.1. The van der Waals surface area contributed by atoms with Gasteiger partial charge in [0.2, 0.25) is 11.8 Å². The molecule has 2 aromatic heterocycles. The molecule has 0 aliphatic heterocycles. The zero-order valence-corrected chi connectivity index (χ0v) is 43.2. The van der Waals surface area contributed by atoms with E-state index in [-0.39, 0.29) is 39.0 Å². The monoisotopic (exact) mass is 1200 g/mol. The largest absolute Gasteiger partial charge is 2.00 e. The Morgan fingerprint density at radius 1 is 0.457 bits per heavy atom. The van der Waals surface area contributed by atoms with E-state index in [0.717, 1.165) is 0 Å². The number of alkyl halides is 6. The molecule has 0 fully saturated rings. The van der Waals surface area contributed by atoms with E-state index in [1.807, 2.05) is 36.4 Å². The van der Waals surface area contributed by atoms with Gasteiger partial charge in [-0.3, -0.25) is 19.6 Å². The quantitative estimate of drug-likeness (QED) is 0.0550. The first-order valence-electron chi connectivity index (χ1n) is 19.4. The third kappa shape index (κ3) is 36.6. The van der Waals surface area contributed by atoms with E-state index in [9.17, 15) is 46.3 Å². The van der Waals surface area contributed by atoms with E-state index >= 15 is 0 Å². The van der Waals surface area contributed by atoms with Gasteiger partial charge in [0.15, 0.2) is 20.2 Å². The second-order valence-electron chi connectivity index (χ2n) is 13.6. The smallest absolute Gasteiger partial charge is 0.759 e. The number of amides is 2. The van der Waals surface area contributed by atoms with Crippen LogP contribution in [0.1, 0.15) is 82.5 Å². The number of aromatic nitrogens is 2. The van der Waals surface area contributed by atoms with Crippen molar-refractivity contribution < 1.29 is 101 Å².